The van der Waals surface area contributed by atoms with Crippen molar-refractivity contribution in [3.05, 3.63) is 48.6 Å². The van der Waals surface area contributed by atoms with Crippen molar-refractivity contribution in [1.82, 2.24) is 0 Å². The quantitative estimate of drug-likeness (QED) is 0.0267. The fraction of sp³-hybridized carbons (Fsp3) is 0.855. The number of aliphatic hydroxyl groups excluding tert-OH is 4. The van der Waals surface area contributed by atoms with E-state index >= 15 is 0 Å². The van der Waals surface area contributed by atoms with Crippen LogP contribution in [-0.2, 0) is 23.7 Å². The Morgan fingerprint density at radius 3 is 1.30 bits per heavy atom. The average molecular weight is 1000 g/mol. The molecule has 9 heteroatoms. The molecule has 0 amide bonds. The van der Waals surface area contributed by atoms with Gasteiger partial charge >= 0.3 is 5.97 Å². The monoisotopic (exact) mass is 1000 g/mol. The van der Waals surface area contributed by atoms with Gasteiger partial charge in [0.2, 0.25) is 0 Å². The number of hydrogen-bond donors (Lipinski definition) is 4. The van der Waals surface area contributed by atoms with Gasteiger partial charge in [0, 0.05) is 13.0 Å². The molecule has 1 heterocycles. The van der Waals surface area contributed by atoms with Crippen molar-refractivity contribution in [2.45, 2.75) is 314 Å². The van der Waals surface area contributed by atoms with Crippen LogP contribution in [0.5, 0.6) is 0 Å². The second kappa shape index (κ2) is 53.0. The van der Waals surface area contributed by atoms with Gasteiger partial charge in [-0.05, 0) is 51.4 Å². The first kappa shape index (κ1) is 67.2. The normalized spacial score (nSPS) is 19.1. The maximum absolute atomic E-state index is 12.9. The Morgan fingerprint density at radius 1 is 0.465 bits per heavy atom. The van der Waals surface area contributed by atoms with E-state index in [0.717, 1.165) is 57.8 Å². The van der Waals surface area contributed by atoms with Gasteiger partial charge in [-0.25, -0.2) is 0 Å². The Bertz CT molecular complexity index is 1230. The standard InChI is InChI=1S/C62H114O9/c1-3-5-7-9-11-13-15-17-19-21-23-25-27-28-29-31-33-35-37-39-41-43-45-47-49-51-58(64)70-56(55-69-62-61(67)60(66)59(65)57(53-63)71-62)54-68-52-50-48-46-44-42-40-38-36-34-32-30-26-24-22-20-18-16-14-12-10-8-6-4-2/h5,7,11,13,17,19,23,25,56-57,59-63,65-67H,3-4,6,8-10,12,14-16,18,20-22,24,26-55H2,1-2H3/b7-5-,13-11-,19-17-,25-23-. The number of esters is 1. The first-order valence-corrected chi connectivity index (χ1v) is 30.2. The van der Waals surface area contributed by atoms with Crippen LogP contribution in [0.1, 0.15) is 277 Å². The summed E-state index contributed by atoms with van der Waals surface area (Å²) in [4.78, 5) is 12.9. The van der Waals surface area contributed by atoms with E-state index in [-0.39, 0.29) is 19.2 Å². The highest BCUT2D eigenvalue weighted by molar-refractivity contribution is 5.69. The van der Waals surface area contributed by atoms with E-state index in [1.165, 1.54) is 199 Å². The third kappa shape index (κ3) is 43.1. The molecule has 0 aromatic heterocycles. The summed E-state index contributed by atoms with van der Waals surface area (Å²) in [7, 11) is 0. The third-order valence-corrected chi connectivity index (χ3v) is 14.0. The number of hydrogen-bond acceptors (Lipinski definition) is 9. The molecular weight excluding hydrogens is 889 g/mol. The van der Waals surface area contributed by atoms with Gasteiger partial charge in [0.15, 0.2) is 6.29 Å². The highest BCUT2D eigenvalue weighted by atomic mass is 16.7. The molecule has 71 heavy (non-hydrogen) atoms. The maximum atomic E-state index is 12.9. The summed E-state index contributed by atoms with van der Waals surface area (Å²) in [6.45, 7) is 4.50. The van der Waals surface area contributed by atoms with Crippen molar-refractivity contribution in [2.75, 3.05) is 26.4 Å². The Hall–Kier alpha value is -1.85. The van der Waals surface area contributed by atoms with Crippen molar-refractivity contribution in [3.8, 4) is 0 Å². The zero-order valence-electron chi connectivity index (χ0n) is 46.2. The van der Waals surface area contributed by atoms with Gasteiger partial charge in [0.1, 0.15) is 30.5 Å². The number of unbranched alkanes of at least 4 members (excludes halogenated alkanes) is 34. The Morgan fingerprint density at radius 2 is 0.859 bits per heavy atom. The number of ether oxygens (including phenoxy) is 4. The van der Waals surface area contributed by atoms with Crippen LogP contribution in [0.2, 0.25) is 0 Å². The minimum atomic E-state index is -1.54. The SMILES string of the molecule is CC/C=C\C/C=C\C/C=C\C/C=C\CCCCCCCCCCCCCCC(=O)OC(COCCCCCCCCCCCCCCCCCCCCCCCCC)COC1OC(CO)C(O)C(O)C1O. The van der Waals surface area contributed by atoms with Crippen LogP contribution < -0.4 is 0 Å². The molecule has 6 atom stereocenters. The summed E-state index contributed by atoms with van der Waals surface area (Å²) in [6.07, 6.45) is 61.7. The molecule has 0 spiro atoms. The van der Waals surface area contributed by atoms with Gasteiger partial charge in [0.25, 0.3) is 0 Å². The molecule has 1 rings (SSSR count). The topological polar surface area (TPSA) is 135 Å². The van der Waals surface area contributed by atoms with E-state index in [4.69, 9.17) is 18.9 Å². The van der Waals surface area contributed by atoms with Crippen LogP contribution in [0.4, 0.5) is 0 Å². The largest absolute Gasteiger partial charge is 0.457 e. The molecule has 0 bridgehead atoms. The van der Waals surface area contributed by atoms with E-state index in [1.54, 1.807) is 0 Å². The lowest BCUT2D eigenvalue weighted by Gasteiger charge is -2.39. The van der Waals surface area contributed by atoms with Crippen molar-refractivity contribution in [1.29, 1.82) is 0 Å². The van der Waals surface area contributed by atoms with Crippen LogP contribution in [0.3, 0.4) is 0 Å². The number of rotatable bonds is 53. The molecule has 0 aromatic carbocycles. The van der Waals surface area contributed by atoms with Crippen molar-refractivity contribution in [2.24, 2.45) is 0 Å². The molecular formula is C62H114O9. The lowest BCUT2D eigenvalue weighted by molar-refractivity contribution is -0.305. The lowest BCUT2D eigenvalue weighted by atomic mass is 9.99. The molecule has 1 fully saturated rings. The molecule has 4 N–H and O–H groups in total. The van der Waals surface area contributed by atoms with E-state index in [0.29, 0.717) is 13.0 Å². The third-order valence-electron chi connectivity index (χ3n) is 14.0. The molecule has 416 valence electrons. The molecule has 0 saturated carbocycles. The van der Waals surface area contributed by atoms with E-state index in [9.17, 15) is 25.2 Å². The van der Waals surface area contributed by atoms with Crippen LogP contribution >= 0.6 is 0 Å². The highest BCUT2D eigenvalue weighted by Crippen LogP contribution is 2.23. The number of carbonyl (C=O) groups is 1. The number of carbonyl (C=O) groups excluding carboxylic acids is 1. The molecule has 6 unspecified atom stereocenters. The van der Waals surface area contributed by atoms with Gasteiger partial charge in [-0.1, -0.05) is 268 Å². The summed E-state index contributed by atoms with van der Waals surface area (Å²) >= 11 is 0. The van der Waals surface area contributed by atoms with E-state index < -0.39 is 43.4 Å². The second-order valence-electron chi connectivity index (χ2n) is 20.8. The fourth-order valence-corrected chi connectivity index (χ4v) is 9.37. The van der Waals surface area contributed by atoms with Crippen molar-refractivity contribution < 1.29 is 44.2 Å². The Labute approximate surface area is 437 Å². The van der Waals surface area contributed by atoms with Crippen LogP contribution in [0.25, 0.3) is 0 Å². The first-order valence-electron chi connectivity index (χ1n) is 30.2. The van der Waals surface area contributed by atoms with E-state index in [2.05, 4.69) is 62.5 Å². The molecule has 1 aliphatic heterocycles. The fourth-order valence-electron chi connectivity index (χ4n) is 9.37. The molecule has 1 saturated heterocycles. The van der Waals surface area contributed by atoms with Gasteiger partial charge < -0.3 is 39.4 Å². The van der Waals surface area contributed by atoms with Gasteiger partial charge in [-0.2, -0.15) is 0 Å². The lowest BCUT2D eigenvalue weighted by Crippen LogP contribution is -2.59. The first-order chi connectivity index (χ1) is 34.9. The Balaban J connectivity index is 2.13. The van der Waals surface area contributed by atoms with Gasteiger partial charge in [-0.15, -0.1) is 0 Å². The summed E-state index contributed by atoms with van der Waals surface area (Å²) in [5.74, 6) is -0.311. The summed E-state index contributed by atoms with van der Waals surface area (Å²) in [5.41, 5.74) is 0. The molecule has 0 aliphatic carbocycles. The molecule has 0 aromatic rings. The van der Waals surface area contributed by atoms with Crippen LogP contribution in [0, 0.1) is 0 Å². The van der Waals surface area contributed by atoms with Crippen molar-refractivity contribution >= 4 is 5.97 Å². The predicted octanol–water partition coefficient (Wildman–Crippen LogP) is 16.0. The number of aliphatic hydroxyl groups is 4. The second-order valence-corrected chi connectivity index (χ2v) is 20.8. The minimum Gasteiger partial charge on any atom is -0.457 e. The van der Waals surface area contributed by atoms with Crippen LogP contribution in [0.15, 0.2) is 48.6 Å². The average Bonchev–Trinajstić information content (AvgIpc) is 3.37. The molecule has 9 nitrogen and oxygen atoms in total. The van der Waals surface area contributed by atoms with Gasteiger partial charge in [0.05, 0.1) is 19.8 Å². The maximum Gasteiger partial charge on any atom is 0.306 e. The minimum absolute atomic E-state index is 0.111. The number of allylic oxidation sites excluding steroid dienone is 8. The summed E-state index contributed by atoms with van der Waals surface area (Å²) in [5, 5.41) is 40.4. The van der Waals surface area contributed by atoms with Gasteiger partial charge in [-0.3, -0.25) is 4.79 Å². The molecule has 1 aliphatic rings. The molecule has 0 radical (unpaired) electrons. The highest BCUT2D eigenvalue weighted by Gasteiger charge is 2.44. The smallest absolute Gasteiger partial charge is 0.306 e. The van der Waals surface area contributed by atoms with Crippen LogP contribution in [-0.4, -0.2) is 89.6 Å². The van der Waals surface area contributed by atoms with E-state index in [1.807, 2.05) is 0 Å². The van der Waals surface area contributed by atoms with Crippen molar-refractivity contribution in [3.63, 3.8) is 0 Å². The Kier molecular flexibility index (Phi) is 50.1. The predicted molar refractivity (Wildman–Crippen MR) is 298 cm³/mol. The zero-order chi connectivity index (χ0) is 51.3. The summed E-state index contributed by atoms with van der Waals surface area (Å²) < 4.78 is 23.0. The zero-order valence-corrected chi connectivity index (χ0v) is 46.2. The summed E-state index contributed by atoms with van der Waals surface area (Å²) in [6, 6.07) is 0.